The molecule has 0 saturated carbocycles. The van der Waals surface area contributed by atoms with Crippen LogP contribution < -0.4 is 15.0 Å². The van der Waals surface area contributed by atoms with E-state index in [-0.39, 0.29) is 30.7 Å². The fourth-order valence-electron chi connectivity index (χ4n) is 4.28. The number of hydrogen-bond donors (Lipinski definition) is 1. The average molecular weight is 472 g/mol. The molecule has 2 aliphatic heterocycles. The van der Waals surface area contributed by atoms with Gasteiger partial charge in [-0.25, -0.2) is 12.7 Å². The van der Waals surface area contributed by atoms with Crippen molar-refractivity contribution in [3.05, 3.63) is 60.2 Å². The minimum Gasteiger partial charge on any atom is -0.477 e. The van der Waals surface area contributed by atoms with Gasteiger partial charge in [-0.3, -0.25) is 9.59 Å². The van der Waals surface area contributed by atoms with Crippen LogP contribution in [0.15, 0.2) is 54.6 Å². The summed E-state index contributed by atoms with van der Waals surface area (Å²) in [5.41, 5.74) is 1.57. The molecule has 1 fully saturated rings. The summed E-state index contributed by atoms with van der Waals surface area (Å²) in [5.74, 6) is -0.463. The molecule has 0 aliphatic carbocycles. The Morgan fingerprint density at radius 2 is 1.79 bits per heavy atom. The number of piperidine rings is 1. The molecule has 0 spiro atoms. The van der Waals surface area contributed by atoms with Crippen molar-refractivity contribution in [1.82, 2.24) is 9.62 Å². The Labute approximate surface area is 194 Å². The van der Waals surface area contributed by atoms with E-state index in [4.69, 9.17) is 4.74 Å². The van der Waals surface area contributed by atoms with Gasteiger partial charge >= 0.3 is 0 Å². The Balaban J connectivity index is 1.50. The maximum Gasteiger partial charge on any atom is 0.263 e. The predicted molar refractivity (Wildman–Crippen MR) is 125 cm³/mol. The molecule has 2 amide bonds. The highest BCUT2D eigenvalue weighted by atomic mass is 32.2. The van der Waals surface area contributed by atoms with Crippen molar-refractivity contribution in [1.29, 1.82) is 0 Å². The minimum atomic E-state index is -3.36. The zero-order valence-electron chi connectivity index (χ0n) is 18.6. The van der Waals surface area contributed by atoms with Crippen LogP contribution in [0.5, 0.6) is 5.75 Å². The number of carbonyl (C=O) groups is 2. The number of nitrogens with zero attached hydrogens (tertiary/aromatic N) is 2. The smallest absolute Gasteiger partial charge is 0.263 e. The van der Waals surface area contributed by atoms with Gasteiger partial charge in [0.1, 0.15) is 5.75 Å². The van der Waals surface area contributed by atoms with Crippen molar-refractivity contribution in [3.8, 4) is 5.75 Å². The number of rotatable bonds is 6. The van der Waals surface area contributed by atoms with Crippen molar-refractivity contribution in [2.24, 2.45) is 5.92 Å². The number of nitrogens with one attached hydrogen (secondary N) is 1. The highest BCUT2D eigenvalue weighted by molar-refractivity contribution is 7.89. The topological polar surface area (TPSA) is 96.0 Å². The summed E-state index contributed by atoms with van der Waals surface area (Å²) in [6.45, 7) is 2.65. The molecule has 33 heavy (non-hydrogen) atoms. The number of carbonyl (C=O) groups excluding carboxylic acids is 2. The first kappa shape index (κ1) is 23.3. The molecule has 2 aromatic carbocycles. The molecule has 2 aromatic rings. The molecule has 0 unspecified atom stereocenters. The third-order valence-electron chi connectivity index (χ3n) is 6.13. The fourth-order valence-corrected chi connectivity index (χ4v) is 5.46. The molecule has 2 heterocycles. The Morgan fingerprint density at radius 3 is 2.55 bits per heavy atom. The third-order valence-corrected chi connectivity index (χ3v) is 7.98. The molecule has 4 rings (SSSR count). The maximum atomic E-state index is 13.5. The van der Waals surface area contributed by atoms with E-state index in [0.29, 0.717) is 37.4 Å². The van der Waals surface area contributed by atoms with Crippen LogP contribution in [0.25, 0.3) is 0 Å². The van der Waals surface area contributed by atoms with E-state index >= 15 is 0 Å². The van der Waals surface area contributed by atoms with Gasteiger partial charge in [0, 0.05) is 19.6 Å². The predicted octanol–water partition coefficient (Wildman–Crippen LogP) is 2.16. The van der Waals surface area contributed by atoms with E-state index in [1.54, 1.807) is 30.0 Å². The molecule has 9 heteroatoms. The van der Waals surface area contributed by atoms with Crippen LogP contribution >= 0.6 is 0 Å². The first-order valence-electron chi connectivity index (χ1n) is 11.3. The summed E-state index contributed by atoms with van der Waals surface area (Å²) in [7, 11) is -3.36. The van der Waals surface area contributed by atoms with Gasteiger partial charge in [0.25, 0.3) is 5.91 Å². The van der Waals surface area contributed by atoms with Gasteiger partial charge in [0.05, 0.1) is 23.9 Å². The van der Waals surface area contributed by atoms with Crippen LogP contribution in [0.4, 0.5) is 5.69 Å². The van der Waals surface area contributed by atoms with E-state index in [9.17, 15) is 18.0 Å². The highest BCUT2D eigenvalue weighted by Crippen LogP contribution is 2.35. The van der Waals surface area contributed by atoms with Crippen molar-refractivity contribution in [2.75, 3.05) is 30.3 Å². The van der Waals surface area contributed by atoms with Crippen molar-refractivity contribution < 1.29 is 22.7 Å². The van der Waals surface area contributed by atoms with E-state index in [2.05, 4.69) is 5.32 Å². The molecule has 2 aliphatic rings. The summed E-state index contributed by atoms with van der Waals surface area (Å²) in [5, 5.41) is 2.88. The van der Waals surface area contributed by atoms with Gasteiger partial charge in [0.2, 0.25) is 15.9 Å². The summed E-state index contributed by atoms with van der Waals surface area (Å²) in [6, 6.07) is 16.7. The van der Waals surface area contributed by atoms with Crippen molar-refractivity contribution in [3.63, 3.8) is 0 Å². The minimum absolute atomic E-state index is 0.0119. The Kier molecular flexibility index (Phi) is 6.99. The second kappa shape index (κ2) is 9.93. The van der Waals surface area contributed by atoms with Gasteiger partial charge in [-0.15, -0.1) is 0 Å². The lowest BCUT2D eigenvalue weighted by molar-refractivity contribution is -0.129. The summed E-state index contributed by atoms with van der Waals surface area (Å²) in [6.07, 6.45) is 0.383. The zero-order chi connectivity index (χ0) is 23.4. The Bertz CT molecular complexity index is 1110. The van der Waals surface area contributed by atoms with Gasteiger partial charge in [-0.1, -0.05) is 42.5 Å². The maximum absolute atomic E-state index is 13.5. The molecule has 8 nitrogen and oxygen atoms in total. The molecule has 2 atom stereocenters. The highest BCUT2D eigenvalue weighted by Gasteiger charge is 2.39. The number of amides is 2. The molecule has 1 N–H and O–H groups in total. The molecular formula is C24H29N3O5S. The summed E-state index contributed by atoms with van der Waals surface area (Å²) in [4.78, 5) is 28.0. The first-order valence-corrected chi connectivity index (χ1v) is 12.9. The number of ether oxygens (including phenoxy) is 1. The largest absolute Gasteiger partial charge is 0.477 e. The molecule has 1 saturated heterocycles. The van der Waals surface area contributed by atoms with Crippen LogP contribution in [0.1, 0.15) is 25.3 Å². The Morgan fingerprint density at radius 1 is 1.06 bits per heavy atom. The Hall–Kier alpha value is -2.91. The lowest BCUT2D eigenvalue weighted by Gasteiger charge is -2.38. The van der Waals surface area contributed by atoms with Gasteiger partial charge in [0.15, 0.2) is 6.10 Å². The summed E-state index contributed by atoms with van der Waals surface area (Å²) >= 11 is 0. The number of anilines is 1. The van der Waals surface area contributed by atoms with E-state index in [1.165, 1.54) is 4.31 Å². The van der Waals surface area contributed by atoms with Gasteiger partial charge in [-0.05, 0) is 37.5 Å². The molecular weight excluding hydrogens is 442 g/mol. The van der Waals surface area contributed by atoms with Crippen LogP contribution in [0.3, 0.4) is 0 Å². The lowest BCUT2D eigenvalue weighted by Crippen LogP contribution is -2.54. The first-order chi connectivity index (χ1) is 15.9. The second-order valence-corrected chi connectivity index (χ2v) is 10.6. The third kappa shape index (κ3) is 5.20. The number of sulfonamides is 1. The van der Waals surface area contributed by atoms with Crippen LogP contribution in [-0.2, 0) is 26.2 Å². The zero-order valence-corrected chi connectivity index (χ0v) is 19.5. The van der Waals surface area contributed by atoms with Crippen LogP contribution in [-0.4, -0.2) is 56.0 Å². The number of fused-ring (bicyclic) bond motifs is 1. The number of hydrogen-bond acceptors (Lipinski definition) is 5. The van der Waals surface area contributed by atoms with Crippen molar-refractivity contribution >= 4 is 27.5 Å². The van der Waals surface area contributed by atoms with Gasteiger partial charge < -0.3 is 15.0 Å². The van der Waals surface area contributed by atoms with Crippen LogP contribution in [0, 0.1) is 5.92 Å². The second-order valence-electron chi connectivity index (χ2n) is 8.32. The van der Waals surface area contributed by atoms with E-state index < -0.39 is 22.0 Å². The molecule has 0 bridgehead atoms. The number of para-hydroxylation sites is 2. The quantitative estimate of drug-likeness (QED) is 0.697. The lowest BCUT2D eigenvalue weighted by atomic mass is 9.97. The molecule has 0 radical (unpaired) electrons. The van der Waals surface area contributed by atoms with Gasteiger partial charge in [-0.2, -0.15) is 0 Å². The van der Waals surface area contributed by atoms with E-state index in [0.717, 1.165) is 5.56 Å². The number of benzene rings is 2. The fraction of sp³-hybridized carbons (Fsp3) is 0.417. The summed E-state index contributed by atoms with van der Waals surface area (Å²) < 4.78 is 32.1. The standard InChI is InChI=1S/C24H29N3O5S/c1-2-33(30,31)26-14-8-11-19(16-26)24(29)27-17-22(32-21-13-7-6-12-20(21)27)23(28)25-15-18-9-4-3-5-10-18/h3-7,9-10,12-13,19,22H,2,8,11,14-17H2,1H3,(H,25,28)/t19-,22+/m1/s1. The van der Waals surface area contributed by atoms with Crippen LogP contribution in [0.2, 0.25) is 0 Å². The monoisotopic (exact) mass is 471 g/mol. The normalized spacial score (nSPS) is 21.1. The molecule has 176 valence electrons. The molecule has 0 aromatic heterocycles. The SMILES string of the molecule is CCS(=O)(=O)N1CCC[C@@H](C(=O)N2C[C@@H](C(=O)NCc3ccccc3)Oc3ccccc32)C1. The van der Waals surface area contributed by atoms with E-state index in [1.807, 2.05) is 36.4 Å². The average Bonchev–Trinajstić information content (AvgIpc) is 2.86. The van der Waals surface area contributed by atoms with Crippen molar-refractivity contribution in [2.45, 2.75) is 32.4 Å².